The van der Waals surface area contributed by atoms with Gasteiger partial charge < -0.3 is 0 Å². The second kappa shape index (κ2) is 4.27. The molecular weight excluding hydrogens is 214 g/mol. The fourth-order valence-electron chi connectivity index (χ4n) is 1.11. The van der Waals surface area contributed by atoms with Gasteiger partial charge in [-0.2, -0.15) is 5.26 Å². The highest BCUT2D eigenvalue weighted by atomic mass is 79.9. The predicted molar refractivity (Wildman–Crippen MR) is 52.9 cm³/mol. The van der Waals surface area contributed by atoms with E-state index in [9.17, 15) is 0 Å². The Morgan fingerprint density at radius 3 is 2.83 bits per heavy atom. The van der Waals surface area contributed by atoms with Gasteiger partial charge in [0.25, 0.3) is 0 Å². The van der Waals surface area contributed by atoms with Crippen LogP contribution in [0.4, 0.5) is 0 Å². The first-order valence-corrected chi connectivity index (χ1v) is 4.75. The molecule has 0 amide bonds. The van der Waals surface area contributed by atoms with Crippen LogP contribution in [0.3, 0.4) is 0 Å². The molecular formula is C10H10BrN. The highest BCUT2D eigenvalue weighted by molar-refractivity contribution is 9.10. The van der Waals surface area contributed by atoms with Gasteiger partial charge in [0.15, 0.2) is 0 Å². The van der Waals surface area contributed by atoms with Gasteiger partial charge in [-0.1, -0.05) is 29.3 Å². The molecule has 1 aromatic carbocycles. The summed E-state index contributed by atoms with van der Waals surface area (Å²) in [7, 11) is 0. The van der Waals surface area contributed by atoms with Crippen molar-refractivity contribution in [3.8, 4) is 6.07 Å². The van der Waals surface area contributed by atoms with Crippen molar-refractivity contribution < 1.29 is 0 Å². The first-order chi connectivity index (χ1) is 5.77. The number of nitriles is 1. The summed E-state index contributed by atoms with van der Waals surface area (Å²) in [5.41, 5.74) is 1.96. The Morgan fingerprint density at radius 2 is 2.25 bits per heavy atom. The van der Waals surface area contributed by atoms with Gasteiger partial charge in [0.05, 0.1) is 11.6 Å². The fraction of sp³-hybridized carbons (Fsp3) is 0.300. The maximum Gasteiger partial charge on any atom is 0.0991 e. The van der Waals surface area contributed by atoms with E-state index in [2.05, 4.69) is 28.9 Å². The van der Waals surface area contributed by atoms with Crippen molar-refractivity contribution in [3.05, 3.63) is 33.8 Å². The third-order valence-electron chi connectivity index (χ3n) is 1.69. The van der Waals surface area contributed by atoms with Crippen LogP contribution in [0.25, 0.3) is 0 Å². The Kier molecular flexibility index (Phi) is 3.31. The maximum atomic E-state index is 8.66. The minimum absolute atomic E-state index is 0.738. The summed E-state index contributed by atoms with van der Waals surface area (Å²) in [4.78, 5) is 0. The van der Waals surface area contributed by atoms with Gasteiger partial charge in [0.2, 0.25) is 0 Å². The smallest absolute Gasteiger partial charge is 0.0991 e. The fourth-order valence-corrected chi connectivity index (χ4v) is 1.55. The summed E-state index contributed by atoms with van der Waals surface area (Å²) in [5, 5.41) is 8.66. The van der Waals surface area contributed by atoms with E-state index in [1.807, 2.05) is 18.2 Å². The van der Waals surface area contributed by atoms with E-state index >= 15 is 0 Å². The Balaban J connectivity index is 3.01. The lowest BCUT2D eigenvalue weighted by Crippen LogP contribution is -1.86. The molecule has 0 aliphatic heterocycles. The first-order valence-electron chi connectivity index (χ1n) is 3.96. The third-order valence-corrected chi connectivity index (χ3v) is 2.47. The second-order valence-electron chi connectivity index (χ2n) is 2.67. The van der Waals surface area contributed by atoms with Crippen LogP contribution in [0, 0.1) is 11.3 Å². The first kappa shape index (κ1) is 9.28. The summed E-state index contributed by atoms with van der Waals surface area (Å²) in [6, 6.07) is 7.83. The van der Waals surface area contributed by atoms with Crippen LogP contribution in [0.5, 0.6) is 0 Å². The third kappa shape index (κ3) is 2.09. The highest BCUT2D eigenvalue weighted by Gasteiger charge is 1.99. The minimum atomic E-state index is 0.738. The van der Waals surface area contributed by atoms with Gasteiger partial charge >= 0.3 is 0 Å². The molecule has 0 saturated carbocycles. The van der Waals surface area contributed by atoms with Crippen molar-refractivity contribution in [3.63, 3.8) is 0 Å². The summed E-state index contributed by atoms with van der Waals surface area (Å²) in [6.45, 7) is 2.13. The molecule has 1 nitrogen and oxygen atoms in total. The summed E-state index contributed by atoms with van der Waals surface area (Å²) in [6.07, 6.45) is 2.13. The number of halogens is 1. The van der Waals surface area contributed by atoms with Crippen molar-refractivity contribution in [2.75, 3.05) is 0 Å². The van der Waals surface area contributed by atoms with Gasteiger partial charge in [-0.05, 0) is 30.2 Å². The summed E-state index contributed by atoms with van der Waals surface area (Å²) < 4.78 is 1.10. The Labute approximate surface area is 81.2 Å². The van der Waals surface area contributed by atoms with E-state index < -0.39 is 0 Å². The summed E-state index contributed by atoms with van der Waals surface area (Å²) in [5.74, 6) is 0. The monoisotopic (exact) mass is 223 g/mol. The molecule has 0 saturated heterocycles. The highest BCUT2D eigenvalue weighted by Crippen LogP contribution is 2.19. The molecule has 0 aromatic heterocycles. The van der Waals surface area contributed by atoms with Crippen LogP contribution in [-0.4, -0.2) is 0 Å². The molecule has 0 aliphatic rings. The van der Waals surface area contributed by atoms with Crippen molar-refractivity contribution in [2.24, 2.45) is 0 Å². The van der Waals surface area contributed by atoms with E-state index in [4.69, 9.17) is 5.26 Å². The largest absolute Gasteiger partial charge is 0.192 e. The molecule has 1 rings (SSSR count). The average Bonchev–Trinajstić information content (AvgIpc) is 2.09. The number of benzene rings is 1. The standard InChI is InChI=1S/C10H10BrN/c1-2-3-9-6-8(7-12)4-5-10(9)11/h4-6H,2-3H2,1H3. The minimum Gasteiger partial charge on any atom is -0.192 e. The maximum absolute atomic E-state index is 8.66. The number of hydrogen-bond donors (Lipinski definition) is 0. The van der Waals surface area contributed by atoms with Crippen LogP contribution in [-0.2, 0) is 6.42 Å². The van der Waals surface area contributed by atoms with E-state index in [0.717, 1.165) is 22.9 Å². The van der Waals surface area contributed by atoms with Crippen molar-refractivity contribution in [2.45, 2.75) is 19.8 Å². The van der Waals surface area contributed by atoms with E-state index in [1.54, 1.807) is 0 Å². The quantitative estimate of drug-likeness (QED) is 0.756. The van der Waals surface area contributed by atoms with Gasteiger partial charge in [0, 0.05) is 4.47 Å². The van der Waals surface area contributed by atoms with Crippen LogP contribution < -0.4 is 0 Å². The van der Waals surface area contributed by atoms with Gasteiger partial charge in [0.1, 0.15) is 0 Å². The SMILES string of the molecule is CCCc1cc(C#N)ccc1Br. The van der Waals surface area contributed by atoms with Crippen LogP contribution in [0.15, 0.2) is 22.7 Å². The molecule has 0 spiro atoms. The number of hydrogen-bond acceptors (Lipinski definition) is 1. The Morgan fingerprint density at radius 1 is 1.50 bits per heavy atom. The topological polar surface area (TPSA) is 23.8 Å². The van der Waals surface area contributed by atoms with Gasteiger partial charge in [-0.3, -0.25) is 0 Å². The predicted octanol–water partition coefficient (Wildman–Crippen LogP) is 3.27. The number of rotatable bonds is 2. The molecule has 0 fully saturated rings. The molecule has 12 heavy (non-hydrogen) atoms. The van der Waals surface area contributed by atoms with Gasteiger partial charge in [-0.25, -0.2) is 0 Å². The molecule has 0 aliphatic carbocycles. The summed E-state index contributed by atoms with van der Waals surface area (Å²) >= 11 is 3.45. The van der Waals surface area contributed by atoms with Crippen molar-refractivity contribution in [1.29, 1.82) is 5.26 Å². The lowest BCUT2D eigenvalue weighted by Gasteiger charge is -2.01. The Bertz CT molecular complexity index is 312. The van der Waals surface area contributed by atoms with E-state index in [1.165, 1.54) is 5.56 Å². The number of aryl methyl sites for hydroxylation is 1. The Hall–Kier alpha value is -0.810. The molecule has 0 bridgehead atoms. The molecule has 62 valence electrons. The molecule has 0 atom stereocenters. The van der Waals surface area contributed by atoms with E-state index in [0.29, 0.717) is 0 Å². The molecule has 1 aromatic rings. The molecule has 0 unspecified atom stereocenters. The van der Waals surface area contributed by atoms with Gasteiger partial charge in [-0.15, -0.1) is 0 Å². The lowest BCUT2D eigenvalue weighted by molar-refractivity contribution is 0.916. The van der Waals surface area contributed by atoms with E-state index in [-0.39, 0.29) is 0 Å². The van der Waals surface area contributed by atoms with Crippen molar-refractivity contribution >= 4 is 15.9 Å². The second-order valence-corrected chi connectivity index (χ2v) is 3.52. The zero-order chi connectivity index (χ0) is 8.97. The molecule has 0 heterocycles. The lowest BCUT2D eigenvalue weighted by atomic mass is 10.1. The molecule has 0 radical (unpaired) electrons. The van der Waals surface area contributed by atoms with Crippen molar-refractivity contribution in [1.82, 2.24) is 0 Å². The van der Waals surface area contributed by atoms with Crippen LogP contribution >= 0.6 is 15.9 Å². The molecule has 0 N–H and O–H groups in total. The van der Waals surface area contributed by atoms with Crippen LogP contribution in [0.1, 0.15) is 24.5 Å². The average molecular weight is 224 g/mol. The zero-order valence-corrected chi connectivity index (χ0v) is 8.56. The van der Waals surface area contributed by atoms with Crippen LogP contribution in [0.2, 0.25) is 0 Å². The normalized spacial score (nSPS) is 9.42. The molecule has 2 heteroatoms. The number of nitrogens with zero attached hydrogens (tertiary/aromatic N) is 1. The zero-order valence-electron chi connectivity index (χ0n) is 6.97.